The maximum atomic E-state index is 5.84. The maximum absolute atomic E-state index is 5.84. The fraction of sp³-hybridized carbons (Fsp3) is 0. The van der Waals surface area contributed by atoms with Crippen molar-refractivity contribution in [3.05, 3.63) is 29.8 Å². The molecule has 0 saturated heterocycles. The molecule has 2 rings (SSSR count). The Morgan fingerprint density at radius 2 is 2.33 bits per heavy atom. The topological polar surface area (TPSA) is 54.5 Å². The first-order valence-electron chi connectivity index (χ1n) is 3.33. The summed E-state index contributed by atoms with van der Waals surface area (Å²) < 4.78 is 0. The Hall–Kier alpha value is -1.42. The molecule has 60 valence electrons. The van der Waals surface area contributed by atoms with E-state index in [0.717, 1.165) is 5.69 Å². The highest BCUT2D eigenvalue weighted by Crippen LogP contribution is 2.21. The molecule has 0 aromatic carbocycles. The van der Waals surface area contributed by atoms with E-state index in [1.807, 2.05) is 0 Å². The van der Waals surface area contributed by atoms with Crippen LogP contribution in [0.25, 0.3) is 11.4 Å². The van der Waals surface area contributed by atoms with Crippen LogP contribution in [0.2, 0.25) is 5.02 Å². The van der Waals surface area contributed by atoms with Crippen LogP contribution in [0.4, 0.5) is 0 Å². The molecule has 0 aliphatic rings. The van der Waals surface area contributed by atoms with Crippen LogP contribution in [-0.4, -0.2) is 20.2 Å². The predicted molar refractivity (Wildman–Crippen MR) is 44.6 cm³/mol. The summed E-state index contributed by atoms with van der Waals surface area (Å²) >= 11 is 5.84. The van der Waals surface area contributed by atoms with E-state index in [1.54, 1.807) is 18.5 Å². The molecule has 2 aromatic rings. The molecule has 4 nitrogen and oxygen atoms in total. The van der Waals surface area contributed by atoms with Crippen molar-refractivity contribution in [2.24, 2.45) is 0 Å². The zero-order valence-electron chi connectivity index (χ0n) is 6.03. The standard InChI is InChI=1S/C7H5ClN4/c8-5-3-9-4-10-7(5)6-1-2-11-12-6/h1-4H,(H,11,12). The summed E-state index contributed by atoms with van der Waals surface area (Å²) in [5, 5.41) is 7.08. The largest absolute Gasteiger partial charge is 0.276 e. The van der Waals surface area contributed by atoms with Gasteiger partial charge in [0.2, 0.25) is 0 Å². The van der Waals surface area contributed by atoms with Gasteiger partial charge in [0.25, 0.3) is 0 Å². The number of nitrogens with zero attached hydrogens (tertiary/aromatic N) is 3. The van der Waals surface area contributed by atoms with Crippen molar-refractivity contribution in [3.63, 3.8) is 0 Å². The molecule has 0 bridgehead atoms. The highest BCUT2D eigenvalue weighted by atomic mass is 35.5. The summed E-state index contributed by atoms with van der Waals surface area (Å²) in [6.07, 6.45) is 4.64. The van der Waals surface area contributed by atoms with Gasteiger partial charge in [0.15, 0.2) is 0 Å². The number of rotatable bonds is 1. The van der Waals surface area contributed by atoms with E-state index in [0.29, 0.717) is 10.7 Å². The summed E-state index contributed by atoms with van der Waals surface area (Å²) in [5.74, 6) is 0. The maximum Gasteiger partial charge on any atom is 0.116 e. The predicted octanol–water partition coefficient (Wildman–Crippen LogP) is 1.52. The van der Waals surface area contributed by atoms with E-state index in [1.165, 1.54) is 6.33 Å². The molecule has 0 aliphatic heterocycles. The number of aromatic amines is 1. The lowest BCUT2D eigenvalue weighted by molar-refractivity contribution is 1.08. The van der Waals surface area contributed by atoms with Gasteiger partial charge in [-0.05, 0) is 6.07 Å². The number of aromatic nitrogens is 4. The van der Waals surface area contributed by atoms with E-state index in [4.69, 9.17) is 11.6 Å². The molecule has 0 unspecified atom stereocenters. The van der Waals surface area contributed by atoms with Gasteiger partial charge < -0.3 is 0 Å². The second-order valence-corrected chi connectivity index (χ2v) is 2.60. The van der Waals surface area contributed by atoms with Crippen LogP contribution < -0.4 is 0 Å². The Morgan fingerprint density at radius 1 is 1.42 bits per heavy atom. The molecular weight excluding hydrogens is 176 g/mol. The number of halogens is 1. The van der Waals surface area contributed by atoms with Crippen LogP contribution >= 0.6 is 11.6 Å². The van der Waals surface area contributed by atoms with E-state index >= 15 is 0 Å². The molecule has 0 atom stereocenters. The van der Waals surface area contributed by atoms with Crippen LogP contribution in [0.15, 0.2) is 24.8 Å². The molecule has 2 aromatic heterocycles. The third-order valence-electron chi connectivity index (χ3n) is 1.42. The van der Waals surface area contributed by atoms with E-state index in [2.05, 4.69) is 20.2 Å². The summed E-state index contributed by atoms with van der Waals surface area (Å²) in [6.45, 7) is 0. The zero-order valence-corrected chi connectivity index (χ0v) is 6.78. The fourth-order valence-corrected chi connectivity index (χ4v) is 1.11. The van der Waals surface area contributed by atoms with Crippen molar-refractivity contribution in [1.82, 2.24) is 20.2 Å². The minimum Gasteiger partial charge on any atom is -0.276 e. The SMILES string of the molecule is Clc1cncnc1-c1ccn[nH]1. The summed E-state index contributed by atoms with van der Waals surface area (Å²) in [7, 11) is 0. The van der Waals surface area contributed by atoms with Gasteiger partial charge in [0.05, 0.1) is 10.7 Å². The molecular formula is C7H5ClN4. The molecule has 0 saturated carbocycles. The Bertz CT molecular complexity index is 371. The third kappa shape index (κ3) is 1.16. The number of H-pyrrole nitrogens is 1. The van der Waals surface area contributed by atoms with Gasteiger partial charge in [-0.15, -0.1) is 0 Å². The normalized spacial score (nSPS) is 10.1. The van der Waals surface area contributed by atoms with Gasteiger partial charge in [-0.1, -0.05) is 11.6 Å². The lowest BCUT2D eigenvalue weighted by Gasteiger charge is -1.96. The average molecular weight is 181 g/mol. The van der Waals surface area contributed by atoms with Gasteiger partial charge in [-0.3, -0.25) is 5.10 Å². The Morgan fingerprint density at radius 3 is 3.00 bits per heavy atom. The van der Waals surface area contributed by atoms with Gasteiger partial charge in [0.1, 0.15) is 12.0 Å². The Kier molecular flexibility index (Phi) is 1.75. The van der Waals surface area contributed by atoms with Crippen molar-refractivity contribution in [1.29, 1.82) is 0 Å². The van der Waals surface area contributed by atoms with Crippen molar-refractivity contribution in [3.8, 4) is 11.4 Å². The highest BCUT2D eigenvalue weighted by molar-refractivity contribution is 6.32. The van der Waals surface area contributed by atoms with Crippen molar-refractivity contribution >= 4 is 11.6 Å². The lowest BCUT2D eigenvalue weighted by atomic mass is 10.3. The Balaban J connectivity index is 2.55. The summed E-state index contributed by atoms with van der Waals surface area (Å²) in [6, 6.07) is 1.80. The van der Waals surface area contributed by atoms with E-state index < -0.39 is 0 Å². The minimum atomic E-state index is 0.516. The van der Waals surface area contributed by atoms with Gasteiger partial charge in [0, 0.05) is 12.4 Å². The van der Waals surface area contributed by atoms with Crippen molar-refractivity contribution in [2.45, 2.75) is 0 Å². The van der Waals surface area contributed by atoms with Crippen molar-refractivity contribution in [2.75, 3.05) is 0 Å². The number of hydrogen-bond acceptors (Lipinski definition) is 3. The summed E-state index contributed by atoms with van der Waals surface area (Å²) in [5.41, 5.74) is 1.46. The number of hydrogen-bond donors (Lipinski definition) is 1. The van der Waals surface area contributed by atoms with Crippen LogP contribution in [0.5, 0.6) is 0 Å². The van der Waals surface area contributed by atoms with Gasteiger partial charge in [-0.25, -0.2) is 9.97 Å². The number of nitrogens with one attached hydrogen (secondary N) is 1. The molecule has 0 radical (unpaired) electrons. The molecule has 0 amide bonds. The second kappa shape index (κ2) is 2.91. The monoisotopic (exact) mass is 180 g/mol. The summed E-state index contributed by atoms with van der Waals surface area (Å²) in [4.78, 5) is 7.78. The Labute approximate surface area is 73.6 Å². The fourth-order valence-electron chi connectivity index (χ4n) is 0.899. The molecule has 0 fully saturated rings. The van der Waals surface area contributed by atoms with Gasteiger partial charge >= 0.3 is 0 Å². The van der Waals surface area contributed by atoms with E-state index in [9.17, 15) is 0 Å². The first kappa shape index (κ1) is 7.24. The molecule has 0 spiro atoms. The molecule has 1 N–H and O–H groups in total. The lowest BCUT2D eigenvalue weighted by Crippen LogP contribution is -1.86. The molecule has 2 heterocycles. The van der Waals surface area contributed by atoms with Crippen LogP contribution in [0.3, 0.4) is 0 Å². The second-order valence-electron chi connectivity index (χ2n) is 2.19. The van der Waals surface area contributed by atoms with Crippen LogP contribution in [-0.2, 0) is 0 Å². The minimum absolute atomic E-state index is 0.516. The first-order chi connectivity index (χ1) is 5.88. The smallest absolute Gasteiger partial charge is 0.116 e. The molecule has 0 aliphatic carbocycles. The van der Waals surface area contributed by atoms with Crippen LogP contribution in [0.1, 0.15) is 0 Å². The first-order valence-corrected chi connectivity index (χ1v) is 3.71. The molecule has 12 heavy (non-hydrogen) atoms. The highest BCUT2D eigenvalue weighted by Gasteiger charge is 2.04. The van der Waals surface area contributed by atoms with E-state index in [-0.39, 0.29) is 0 Å². The van der Waals surface area contributed by atoms with Crippen molar-refractivity contribution < 1.29 is 0 Å². The average Bonchev–Trinajstić information content (AvgIpc) is 2.57. The zero-order chi connectivity index (χ0) is 8.39. The molecule has 5 heteroatoms. The third-order valence-corrected chi connectivity index (χ3v) is 1.70. The van der Waals surface area contributed by atoms with Crippen LogP contribution in [0, 0.1) is 0 Å². The van der Waals surface area contributed by atoms with Gasteiger partial charge in [-0.2, -0.15) is 5.10 Å². The quantitative estimate of drug-likeness (QED) is 0.724.